The van der Waals surface area contributed by atoms with Crippen molar-refractivity contribution in [2.24, 2.45) is 11.3 Å². The molecule has 0 radical (unpaired) electrons. The summed E-state index contributed by atoms with van der Waals surface area (Å²) in [6.07, 6.45) is 6.92. The van der Waals surface area contributed by atoms with Crippen LogP contribution in [-0.4, -0.2) is 25.2 Å². The number of rotatable bonds is 6. The summed E-state index contributed by atoms with van der Waals surface area (Å²) in [4.78, 5) is 0. The van der Waals surface area contributed by atoms with Crippen molar-refractivity contribution in [1.82, 2.24) is 10.6 Å². The third kappa shape index (κ3) is 2.98. The Labute approximate surface area is 101 Å². The van der Waals surface area contributed by atoms with E-state index in [1.54, 1.807) is 0 Å². The lowest BCUT2D eigenvalue weighted by Gasteiger charge is -2.24. The van der Waals surface area contributed by atoms with Gasteiger partial charge in [0.2, 0.25) is 0 Å². The summed E-state index contributed by atoms with van der Waals surface area (Å²) in [6.45, 7) is 9.55. The molecule has 2 fully saturated rings. The molecule has 2 atom stereocenters. The summed E-state index contributed by atoms with van der Waals surface area (Å²) >= 11 is 0. The van der Waals surface area contributed by atoms with Crippen LogP contribution in [0.5, 0.6) is 0 Å². The maximum absolute atomic E-state index is 3.75. The van der Waals surface area contributed by atoms with Gasteiger partial charge in [-0.3, -0.25) is 0 Å². The minimum Gasteiger partial charge on any atom is -0.314 e. The molecule has 0 spiro atoms. The monoisotopic (exact) mass is 224 g/mol. The molecule has 2 unspecified atom stereocenters. The molecule has 1 aliphatic carbocycles. The molecule has 1 saturated heterocycles. The zero-order chi connectivity index (χ0) is 11.6. The van der Waals surface area contributed by atoms with Gasteiger partial charge in [0.1, 0.15) is 0 Å². The summed E-state index contributed by atoms with van der Waals surface area (Å²) in [6, 6.07) is 1.45. The van der Waals surface area contributed by atoms with E-state index < -0.39 is 0 Å². The molecule has 2 aliphatic rings. The Morgan fingerprint density at radius 3 is 2.56 bits per heavy atom. The van der Waals surface area contributed by atoms with Crippen molar-refractivity contribution >= 4 is 0 Å². The fourth-order valence-corrected chi connectivity index (χ4v) is 2.96. The molecule has 0 bridgehead atoms. The van der Waals surface area contributed by atoms with Crippen LogP contribution in [0.1, 0.15) is 52.9 Å². The fourth-order valence-electron chi connectivity index (χ4n) is 2.96. The van der Waals surface area contributed by atoms with E-state index in [4.69, 9.17) is 0 Å². The van der Waals surface area contributed by atoms with Crippen LogP contribution < -0.4 is 10.6 Å². The molecule has 94 valence electrons. The maximum Gasteiger partial charge on any atom is 0.00822 e. The second-order valence-corrected chi connectivity index (χ2v) is 6.33. The summed E-state index contributed by atoms with van der Waals surface area (Å²) in [5, 5.41) is 7.34. The molecule has 0 aromatic heterocycles. The predicted molar refractivity (Wildman–Crippen MR) is 69.6 cm³/mol. The van der Waals surface area contributed by atoms with Crippen LogP contribution in [0.3, 0.4) is 0 Å². The summed E-state index contributed by atoms with van der Waals surface area (Å²) in [5.74, 6) is 0.844. The molecule has 1 heterocycles. The van der Waals surface area contributed by atoms with Gasteiger partial charge in [-0.25, -0.2) is 0 Å². The van der Waals surface area contributed by atoms with Crippen LogP contribution in [0.4, 0.5) is 0 Å². The lowest BCUT2D eigenvalue weighted by Crippen LogP contribution is -2.38. The average Bonchev–Trinajstić information content (AvgIpc) is 2.88. The average molecular weight is 224 g/mol. The molecular formula is C14H28N2. The minimum atomic E-state index is 0.650. The maximum atomic E-state index is 3.75. The van der Waals surface area contributed by atoms with Gasteiger partial charge in [0.25, 0.3) is 0 Å². The predicted octanol–water partition coefficient (Wildman–Crippen LogP) is 2.54. The highest BCUT2D eigenvalue weighted by Gasteiger charge is 2.44. The molecule has 1 aliphatic heterocycles. The fraction of sp³-hybridized carbons (Fsp3) is 1.00. The van der Waals surface area contributed by atoms with E-state index in [1.165, 1.54) is 45.2 Å². The van der Waals surface area contributed by atoms with Crippen LogP contribution in [0.25, 0.3) is 0 Å². The Morgan fingerprint density at radius 2 is 2.06 bits per heavy atom. The van der Waals surface area contributed by atoms with Crippen molar-refractivity contribution in [2.45, 2.75) is 65.0 Å². The minimum absolute atomic E-state index is 0.650. The van der Waals surface area contributed by atoms with Crippen molar-refractivity contribution in [2.75, 3.05) is 13.1 Å². The van der Waals surface area contributed by atoms with Crippen molar-refractivity contribution in [3.8, 4) is 0 Å². The number of hydrogen-bond acceptors (Lipinski definition) is 2. The second-order valence-electron chi connectivity index (χ2n) is 6.33. The molecule has 2 rings (SSSR count). The van der Waals surface area contributed by atoms with Gasteiger partial charge in [0.15, 0.2) is 0 Å². The zero-order valence-electron chi connectivity index (χ0n) is 11.2. The normalized spacial score (nSPS) is 29.6. The quantitative estimate of drug-likeness (QED) is 0.724. The SMILES string of the molecule is CC(CC1CCCN1)NCC1(C(C)C)CC1. The van der Waals surface area contributed by atoms with Crippen LogP contribution in [0.15, 0.2) is 0 Å². The molecule has 2 N–H and O–H groups in total. The Morgan fingerprint density at radius 1 is 1.31 bits per heavy atom. The van der Waals surface area contributed by atoms with Crippen molar-refractivity contribution in [3.05, 3.63) is 0 Å². The van der Waals surface area contributed by atoms with Crippen LogP contribution >= 0.6 is 0 Å². The van der Waals surface area contributed by atoms with E-state index in [9.17, 15) is 0 Å². The van der Waals surface area contributed by atoms with Crippen molar-refractivity contribution in [1.29, 1.82) is 0 Å². The molecule has 0 aromatic carbocycles. The number of hydrogen-bond donors (Lipinski definition) is 2. The lowest BCUT2D eigenvalue weighted by molar-refractivity contribution is 0.312. The second kappa shape index (κ2) is 5.05. The molecule has 0 amide bonds. The van der Waals surface area contributed by atoms with E-state index in [0.717, 1.165) is 12.0 Å². The third-order valence-corrected chi connectivity index (χ3v) is 4.72. The highest BCUT2D eigenvalue weighted by Crippen LogP contribution is 2.51. The van der Waals surface area contributed by atoms with Crippen molar-refractivity contribution < 1.29 is 0 Å². The van der Waals surface area contributed by atoms with Gasteiger partial charge in [-0.05, 0) is 56.9 Å². The van der Waals surface area contributed by atoms with Crippen LogP contribution in [0.2, 0.25) is 0 Å². The molecular weight excluding hydrogens is 196 g/mol. The van der Waals surface area contributed by atoms with Crippen LogP contribution in [0, 0.1) is 11.3 Å². The van der Waals surface area contributed by atoms with Crippen LogP contribution in [-0.2, 0) is 0 Å². The van der Waals surface area contributed by atoms with Gasteiger partial charge in [0, 0.05) is 18.6 Å². The number of nitrogens with one attached hydrogen (secondary N) is 2. The van der Waals surface area contributed by atoms with E-state index in [0.29, 0.717) is 11.5 Å². The summed E-state index contributed by atoms with van der Waals surface area (Å²) in [5.41, 5.74) is 0.650. The molecule has 2 nitrogen and oxygen atoms in total. The first-order valence-corrected chi connectivity index (χ1v) is 7.09. The highest BCUT2D eigenvalue weighted by molar-refractivity contribution is 4.97. The topological polar surface area (TPSA) is 24.1 Å². The third-order valence-electron chi connectivity index (χ3n) is 4.72. The van der Waals surface area contributed by atoms with Gasteiger partial charge in [0.05, 0.1) is 0 Å². The van der Waals surface area contributed by atoms with Gasteiger partial charge < -0.3 is 10.6 Å². The van der Waals surface area contributed by atoms with Crippen molar-refractivity contribution in [3.63, 3.8) is 0 Å². The van der Waals surface area contributed by atoms with E-state index in [2.05, 4.69) is 31.4 Å². The summed E-state index contributed by atoms with van der Waals surface area (Å²) in [7, 11) is 0. The Hall–Kier alpha value is -0.0800. The standard InChI is InChI=1S/C14H28N2/c1-11(2)14(6-7-14)10-16-12(3)9-13-5-4-8-15-13/h11-13,15-16H,4-10H2,1-3H3. The summed E-state index contributed by atoms with van der Waals surface area (Å²) < 4.78 is 0. The van der Waals surface area contributed by atoms with Gasteiger partial charge >= 0.3 is 0 Å². The van der Waals surface area contributed by atoms with E-state index in [1.807, 2.05) is 0 Å². The lowest BCUT2D eigenvalue weighted by atomic mass is 9.92. The highest BCUT2D eigenvalue weighted by atomic mass is 15.0. The van der Waals surface area contributed by atoms with Gasteiger partial charge in [-0.1, -0.05) is 13.8 Å². The molecule has 2 heteroatoms. The first-order valence-electron chi connectivity index (χ1n) is 7.09. The molecule has 16 heavy (non-hydrogen) atoms. The van der Waals surface area contributed by atoms with E-state index in [-0.39, 0.29) is 0 Å². The molecule has 0 aromatic rings. The Kier molecular flexibility index (Phi) is 3.91. The Balaban J connectivity index is 1.65. The smallest absolute Gasteiger partial charge is 0.00822 e. The van der Waals surface area contributed by atoms with Gasteiger partial charge in [-0.2, -0.15) is 0 Å². The van der Waals surface area contributed by atoms with E-state index >= 15 is 0 Å². The van der Waals surface area contributed by atoms with Gasteiger partial charge in [-0.15, -0.1) is 0 Å². The molecule has 1 saturated carbocycles. The zero-order valence-corrected chi connectivity index (χ0v) is 11.2. The first-order chi connectivity index (χ1) is 7.62. The largest absolute Gasteiger partial charge is 0.314 e. The first kappa shape index (κ1) is 12.4. The Bertz CT molecular complexity index is 215.